The van der Waals surface area contributed by atoms with Crippen LogP contribution >= 0.6 is 22.9 Å². The number of hydrogen-bond donors (Lipinski definition) is 2. The van der Waals surface area contributed by atoms with Gasteiger partial charge in [0, 0.05) is 11.1 Å². The molecule has 0 bridgehead atoms. The molecule has 2 aromatic heterocycles. The van der Waals surface area contributed by atoms with Crippen LogP contribution in [0.25, 0.3) is 0 Å². The van der Waals surface area contributed by atoms with Crippen molar-refractivity contribution in [2.75, 3.05) is 11.1 Å². The third kappa shape index (κ3) is 2.62. The number of thiazole rings is 1. The second kappa shape index (κ2) is 5.38. The van der Waals surface area contributed by atoms with E-state index in [9.17, 15) is 4.79 Å². The van der Waals surface area contributed by atoms with Gasteiger partial charge in [0.05, 0.1) is 16.3 Å². The van der Waals surface area contributed by atoms with Gasteiger partial charge in [0.1, 0.15) is 5.82 Å². The summed E-state index contributed by atoms with van der Waals surface area (Å²) in [4.78, 5) is 21.8. The number of nitrogens with zero attached hydrogens (tertiary/aromatic N) is 2. The van der Waals surface area contributed by atoms with Crippen LogP contribution in [0.5, 0.6) is 0 Å². The van der Waals surface area contributed by atoms with E-state index in [2.05, 4.69) is 15.3 Å². The zero-order chi connectivity index (χ0) is 14.1. The maximum atomic E-state index is 12.2. The Kier molecular flexibility index (Phi) is 3.58. The fraction of sp³-hybridized carbons (Fsp3) is 0.308. The average Bonchev–Trinajstić information content (AvgIpc) is 2.83. The number of amides is 1. The summed E-state index contributed by atoms with van der Waals surface area (Å²) in [5.41, 5.74) is 7.00. The van der Waals surface area contributed by atoms with Gasteiger partial charge in [-0.15, -0.1) is 11.3 Å². The first-order chi connectivity index (χ1) is 9.63. The van der Waals surface area contributed by atoms with Gasteiger partial charge in [0.15, 0.2) is 5.13 Å². The molecule has 3 N–H and O–H groups in total. The molecule has 0 atom stereocenters. The average molecular weight is 309 g/mol. The summed E-state index contributed by atoms with van der Waals surface area (Å²) in [5.74, 6) is -0.0480. The van der Waals surface area contributed by atoms with E-state index >= 15 is 0 Å². The van der Waals surface area contributed by atoms with Crippen molar-refractivity contribution in [3.05, 3.63) is 33.4 Å². The van der Waals surface area contributed by atoms with Gasteiger partial charge in [0.2, 0.25) is 0 Å². The Morgan fingerprint density at radius 3 is 3.00 bits per heavy atom. The Balaban J connectivity index is 1.82. The van der Waals surface area contributed by atoms with Crippen LogP contribution in [0.15, 0.2) is 12.3 Å². The van der Waals surface area contributed by atoms with Crippen molar-refractivity contribution in [1.82, 2.24) is 9.97 Å². The minimum atomic E-state index is -0.310. The zero-order valence-electron chi connectivity index (χ0n) is 10.6. The van der Waals surface area contributed by atoms with E-state index < -0.39 is 0 Å². The highest BCUT2D eigenvalue weighted by atomic mass is 35.5. The van der Waals surface area contributed by atoms with Crippen LogP contribution in [0.1, 0.15) is 33.8 Å². The SMILES string of the molecule is Nc1cc(C(=O)Nc2nc3c(s2)CCCC3)c(Cl)cn1. The lowest BCUT2D eigenvalue weighted by Gasteiger charge is -2.06. The summed E-state index contributed by atoms with van der Waals surface area (Å²) in [6.07, 6.45) is 5.77. The van der Waals surface area contributed by atoms with Crippen LogP contribution in [0, 0.1) is 0 Å². The molecule has 0 saturated heterocycles. The van der Waals surface area contributed by atoms with E-state index in [-0.39, 0.29) is 16.7 Å². The van der Waals surface area contributed by atoms with Crippen LogP contribution < -0.4 is 11.1 Å². The highest BCUT2D eigenvalue weighted by molar-refractivity contribution is 7.15. The van der Waals surface area contributed by atoms with E-state index in [4.69, 9.17) is 17.3 Å². The smallest absolute Gasteiger partial charge is 0.259 e. The molecule has 0 aliphatic heterocycles. The second-order valence-corrected chi connectivity index (χ2v) is 6.13. The van der Waals surface area contributed by atoms with Crippen LogP contribution in [0.4, 0.5) is 10.9 Å². The van der Waals surface area contributed by atoms with Gasteiger partial charge in [-0.3, -0.25) is 10.1 Å². The standard InChI is InChI=1S/C13H13ClN4OS/c14-8-6-16-11(15)5-7(8)12(19)18-13-17-9-3-1-2-4-10(9)20-13/h5-6H,1-4H2,(H2,15,16)(H,17,18,19). The number of hydrogen-bond acceptors (Lipinski definition) is 5. The molecule has 1 aliphatic carbocycles. The predicted molar refractivity (Wildman–Crippen MR) is 80.4 cm³/mol. The van der Waals surface area contributed by atoms with Crippen molar-refractivity contribution in [1.29, 1.82) is 0 Å². The lowest BCUT2D eigenvalue weighted by Crippen LogP contribution is -2.13. The van der Waals surface area contributed by atoms with E-state index in [1.165, 1.54) is 34.9 Å². The maximum absolute atomic E-state index is 12.2. The monoisotopic (exact) mass is 308 g/mol. The number of rotatable bonds is 2. The number of nitrogen functional groups attached to an aromatic ring is 1. The Labute approximate surface area is 125 Å². The number of halogens is 1. The molecule has 0 saturated carbocycles. The van der Waals surface area contributed by atoms with Crippen molar-refractivity contribution in [3.8, 4) is 0 Å². The molecule has 7 heteroatoms. The molecule has 0 spiro atoms. The zero-order valence-corrected chi connectivity index (χ0v) is 12.2. The van der Waals surface area contributed by atoms with Crippen molar-refractivity contribution in [2.24, 2.45) is 0 Å². The molecule has 1 amide bonds. The number of nitrogens with one attached hydrogen (secondary N) is 1. The molecular formula is C13H13ClN4OS. The van der Waals surface area contributed by atoms with Gasteiger partial charge in [-0.1, -0.05) is 11.6 Å². The normalized spacial score (nSPS) is 13.8. The highest BCUT2D eigenvalue weighted by Gasteiger charge is 2.18. The molecule has 20 heavy (non-hydrogen) atoms. The Morgan fingerprint density at radius 1 is 1.40 bits per heavy atom. The molecule has 0 unspecified atom stereocenters. The van der Waals surface area contributed by atoms with Crippen LogP contribution in [0.3, 0.4) is 0 Å². The second-order valence-electron chi connectivity index (χ2n) is 4.64. The quantitative estimate of drug-likeness (QED) is 0.894. The first-order valence-corrected chi connectivity index (χ1v) is 7.54. The molecule has 5 nitrogen and oxygen atoms in total. The number of aryl methyl sites for hydroxylation is 2. The third-order valence-corrected chi connectivity index (χ3v) is 4.56. The van der Waals surface area contributed by atoms with Gasteiger partial charge in [-0.2, -0.15) is 0 Å². The third-order valence-electron chi connectivity index (χ3n) is 3.19. The first kappa shape index (κ1) is 13.3. The van der Waals surface area contributed by atoms with E-state index in [1.54, 1.807) is 0 Å². The van der Waals surface area contributed by atoms with Gasteiger partial charge < -0.3 is 5.73 Å². The van der Waals surface area contributed by atoms with Crippen molar-refractivity contribution in [3.63, 3.8) is 0 Å². The summed E-state index contributed by atoms with van der Waals surface area (Å²) in [7, 11) is 0. The Hall–Kier alpha value is -1.66. The highest BCUT2D eigenvalue weighted by Crippen LogP contribution is 2.30. The molecule has 0 fully saturated rings. The Morgan fingerprint density at radius 2 is 2.20 bits per heavy atom. The van der Waals surface area contributed by atoms with Crippen molar-refractivity contribution < 1.29 is 4.79 Å². The largest absolute Gasteiger partial charge is 0.384 e. The summed E-state index contributed by atoms with van der Waals surface area (Å²) in [6, 6.07) is 1.46. The van der Waals surface area contributed by atoms with Gasteiger partial charge in [-0.25, -0.2) is 9.97 Å². The number of carbonyl (C=O) groups excluding carboxylic acids is 1. The number of pyridine rings is 1. The molecule has 2 aromatic rings. The maximum Gasteiger partial charge on any atom is 0.259 e. The minimum absolute atomic E-state index is 0.262. The first-order valence-electron chi connectivity index (χ1n) is 6.34. The van der Waals surface area contributed by atoms with Gasteiger partial charge >= 0.3 is 0 Å². The van der Waals surface area contributed by atoms with E-state index in [0.29, 0.717) is 10.7 Å². The van der Waals surface area contributed by atoms with E-state index in [0.717, 1.165) is 25.0 Å². The number of nitrogens with two attached hydrogens (primary N) is 1. The number of carbonyl (C=O) groups is 1. The van der Waals surface area contributed by atoms with Crippen LogP contribution in [-0.2, 0) is 12.8 Å². The number of fused-ring (bicyclic) bond motifs is 1. The molecule has 3 rings (SSSR count). The van der Waals surface area contributed by atoms with Crippen LogP contribution in [0.2, 0.25) is 5.02 Å². The van der Waals surface area contributed by atoms with Crippen molar-refractivity contribution in [2.45, 2.75) is 25.7 Å². The number of aromatic nitrogens is 2. The van der Waals surface area contributed by atoms with Gasteiger partial charge in [0.25, 0.3) is 5.91 Å². The minimum Gasteiger partial charge on any atom is -0.384 e. The molecule has 0 radical (unpaired) electrons. The fourth-order valence-electron chi connectivity index (χ4n) is 2.20. The number of anilines is 2. The lowest BCUT2D eigenvalue weighted by molar-refractivity contribution is 0.102. The van der Waals surface area contributed by atoms with Crippen LogP contribution in [-0.4, -0.2) is 15.9 Å². The van der Waals surface area contributed by atoms with Gasteiger partial charge in [-0.05, 0) is 31.7 Å². The van der Waals surface area contributed by atoms with Crippen molar-refractivity contribution >= 4 is 39.8 Å². The molecule has 1 aliphatic rings. The predicted octanol–water partition coefficient (Wildman–Crippen LogP) is 2.90. The fourth-order valence-corrected chi connectivity index (χ4v) is 3.43. The summed E-state index contributed by atoms with van der Waals surface area (Å²) in [6.45, 7) is 0. The molecule has 2 heterocycles. The molecular weight excluding hydrogens is 296 g/mol. The van der Waals surface area contributed by atoms with E-state index in [1.807, 2.05) is 0 Å². The summed E-state index contributed by atoms with van der Waals surface area (Å²) in [5, 5.41) is 3.68. The summed E-state index contributed by atoms with van der Waals surface area (Å²) < 4.78 is 0. The molecule has 104 valence electrons. The lowest BCUT2D eigenvalue weighted by atomic mass is 10.0. The molecule has 0 aromatic carbocycles. The Bertz CT molecular complexity index is 647. The topological polar surface area (TPSA) is 80.9 Å². The summed E-state index contributed by atoms with van der Waals surface area (Å²) >= 11 is 7.50.